The summed E-state index contributed by atoms with van der Waals surface area (Å²) in [5.41, 5.74) is 8.06. The molecule has 0 saturated heterocycles. The first-order valence-electron chi connectivity index (χ1n) is 18.7. The van der Waals surface area contributed by atoms with Crippen LogP contribution in [0.25, 0.3) is 119 Å². The maximum absolute atomic E-state index is 6.53. The van der Waals surface area contributed by atoms with E-state index >= 15 is 0 Å². The van der Waals surface area contributed by atoms with Crippen LogP contribution in [0.4, 0.5) is 0 Å². The number of fused-ring (bicyclic) bond motifs is 9. The van der Waals surface area contributed by atoms with Crippen LogP contribution in [0.5, 0.6) is 0 Å². The van der Waals surface area contributed by atoms with Crippen molar-refractivity contribution in [1.29, 1.82) is 0 Å². The monoisotopic (exact) mass is 765 g/mol. The van der Waals surface area contributed by atoms with Gasteiger partial charge in [0.2, 0.25) is 0 Å². The minimum atomic E-state index is 0.578. The molecule has 6 nitrogen and oxygen atoms in total. The average Bonchev–Trinajstić information content (AvgIpc) is 3.97. The number of nitrogens with zero attached hydrogens (tertiary/aromatic N) is 5. The van der Waals surface area contributed by atoms with Crippen LogP contribution in [0.15, 0.2) is 168 Å². The first-order valence-corrected chi connectivity index (χ1v) is 20.3. The van der Waals surface area contributed by atoms with E-state index in [0.717, 1.165) is 71.1 Å². The highest BCUT2D eigenvalue weighted by molar-refractivity contribution is 7.26. The van der Waals surface area contributed by atoms with Gasteiger partial charge in [-0.05, 0) is 42.5 Å². The first-order chi connectivity index (χ1) is 28.2. The Hall–Kier alpha value is -7.13. The summed E-state index contributed by atoms with van der Waals surface area (Å²) in [5, 5.41) is 5.55. The van der Waals surface area contributed by atoms with E-state index in [9.17, 15) is 0 Å². The lowest BCUT2D eigenvalue weighted by Gasteiger charge is -2.09. The van der Waals surface area contributed by atoms with Crippen molar-refractivity contribution in [3.63, 3.8) is 0 Å². The summed E-state index contributed by atoms with van der Waals surface area (Å²) in [5.74, 6) is 2.50. The molecule has 12 aromatic rings. The highest BCUT2D eigenvalue weighted by Gasteiger charge is 2.21. The lowest BCUT2D eigenvalue weighted by molar-refractivity contribution is 0.669. The molecule has 12 rings (SSSR count). The Labute approximate surface area is 333 Å². The fraction of sp³-hybridized carbons (Fsp3) is 0. The molecule has 0 aliphatic carbocycles. The van der Waals surface area contributed by atoms with Gasteiger partial charge in [-0.2, -0.15) is 0 Å². The number of hydrogen-bond acceptors (Lipinski definition) is 8. The van der Waals surface area contributed by atoms with Crippen molar-refractivity contribution in [3.8, 4) is 56.8 Å². The largest absolute Gasteiger partial charge is 0.456 e. The van der Waals surface area contributed by atoms with E-state index in [1.54, 1.807) is 22.7 Å². The van der Waals surface area contributed by atoms with Crippen LogP contribution in [-0.2, 0) is 0 Å². The summed E-state index contributed by atoms with van der Waals surface area (Å²) in [6.45, 7) is 0. The zero-order valence-electron chi connectivity index (χ0n) is 30.0. The third-order valence-corrected chi connectivity index (χ3v) is 12.9. The molecule has 0 amide bonds. The Kier molecular flexibility index (Phi) is 7.17. The zero-order chi connectivity index (χ0) is 37.5. The van der Waals surface area contributed by atoms with Crippen LogP contribution in [0.1, 0.15) is 0 Å². The van der Waals surface area contributed by atoms with Crippen LogP contribution < -0.4 is 0 Å². The standard InChI is InChI=1S/C49H27N5OS2/c1-3-12-28(13-4-1)46-52-47(29-14-5-2-6-15-29)54-49(53-46)35-18-11-19-38-42(35)36-26-30(23-25-37(36)55-38)43-45-44(34-17-8-10-21-40(34)57-45)51-48(50-43)31-22-24-33-32-16-7-9-20-39(32)56-41(33)27-31/h1-27H. The fourth-order valence-corrected chi connectivity index (χ4v) is 10.2. The number of benzene rings is 7. The predicted octanol–water partition coefficient (Wildman–Crippen LogP) is 13.6. The Morgan fingerprint density at radius 1 is 0.368 bits per heavy atom. The quantitative estimate of drug-likeness (QED) is 0.174. The molecule has 0 N–H and O–H groups in total. The molecule has 0 aliphatic rings. The van der Waals surface area contributed by atoms with E-state index in [2.05, 4.69) is 91.0 Å². The molecular weight excluding hydrogens is 739 g/mol. The Bertz CT molecular complexity index is 3480. The second kappa shape index (κ2) is 12.7. The number of thiophene rings is 2. The summed E-state index contributed by atoms with van der Waals surface area (Å²) in [6, 6.07) is 56.2. The zero-order valence-corrected chi connectivity index (χ0v) is 31.7. The van der Waals surface area contributed by atoms with Crippen molar-refractivity contribution in [1.82, 2.24) is 24.9 Å². The van der Waals surface area contributed by atoms with Gasteiger partial charge in [-0.1, -0.05) is 121 Å². The van der Waals surface area contributed by atoms with Gasteiger partial charge in [-0.15, -0.1) is 22.7 Å². The third kappa shape index (κ3) is 5.26. The van der Waals surface area contributed by atoms with E-state index in [4.69, 9.17) is 29.3 Å². The van der Waals surface area contributed by atoms with Crippen molar-refractivity contribution in [2.75, 3.05) is 0 Å². The van der Waals surface area contributed by atoms with E-state index in [0.29, 0.717) is 23.3 Å². The van der Waals surface area contributed by atoms with Crippen molar-refractivity contribution < 1.29 is 4.42 Å². The van der Waals surface area contributed by atoms with Gasteiger partial charge in [0.25, 0.3) is 0 Å². The molecule has 0 radical (unpaired) electrons. The molecule has 0 bridgehead atoms. The molecule has 0 saturated carbocycles. The van der Waals surface area contributed by atoms with Gasteiger partial charge in [0.1, 0.15) is 11.2 Å². The summed E-state index contributed by atoms with van der Waals surface area (Å²) in [4.78, 5) is 25.7. The molecule has 0 fully saturated rings. The van der Waals surface area contributed by atoms with Gasteiger partial charge in [0.15, 0.2) is 23.3 Å². The summed E-state index contributed by atoms with van der Waals surface area (Å²) in [7, 11) is 0. The molecule has 7 aromatic carbocycles. The molecule has 57 heavy (non-hydrogen) atoms. The Balaban J connectivity index is 1.08. The van der Waals surface area contributed by atoms with Crippen LogP contribution in [-0.4, -0.2) is 24.9 Å². The third-order valence-electron chi connectivity index (χ3n) is 10.6. The van der Waals surface area contributed by atoms with Crippen LogP contribution in [0.2, 0.25) is 0 Å². The Morgan fingerprint density at radius 3 is 1.77 bits per heavy atom. The normalized spacial score (nSPS) is 11.9. The lowest BCUT2D eigenvalue weighted by Crippen LogP contribution is -2.00. The van der Waals surface area contributed by atoms with Gasteiger partial charge < -0.3 is 4.42 Å². The topological polar surface area (TPSA) is 77.6 Å². The van der Waals surface area contributed by atoms with Crippen molar-refractivity contribution in [3.05, 3.63) is 164 Å². The highest BCUT2D eigenvalue weighted by Crippen LogP contribution is 2.43. The summed E-state index contributed by atoms with van der Waals surface area (Å²) >= 11 is 3.53. The first kappa shape index (κ1) is 32.1. The molecule has 5 aromatic heterocycles. The van der Waals surface area contributed by atoms with Gasteiger partial charge in [0, 0.05) is 68.8 Å². The molecule has 0 spiro atoms. The smallest absolute Gasteiger partial charge is 0.164 e. The minimum absolute atomic E-state index is 0.578. The second-order valence-corrected chi connectivity index (χ2v) is 16.1. The molecule has 0 unspecified atom stereocenters. The molecule has 8 heteroatoms. The van der Waals surface area contributed by atoms with E-state index in [1.807, 2.05) is 72.8 Å². The Morgan fingerprint density at radius 2 is 1.00 bits per heavy atom. The fourth-order valence-electron chi connectivity index (χ4n) is 7.87. The molecule has 0 aliphatic heterocycles. The number of aromatic nitrogens is 5. The van der Waals surface area contributed by atoms with Crippen molar-refractivity contribution in [2.45, 2.75) is 0 Å². The molecule has 266 valence electrons. The minimum Gasteiger partial charge on any atom is -0.456 e. The van der Waals surface area contributed by atoms with E-state index in [1.165, 1.54) is 24.9 Å². The molecule has 0 atom stereocenters. The van der Waals surface area contributed by atoms with Gasteiger partial charge in [-0.3, -0.25) is 0 Å². The maximum Gasteiger partial charge on any atom is 0.164 e. The second-order valence-electron chi connectivity index (χ2n) is 14.0. The number of rotatable bonds is 5. The molecule has 5 heterocycles. The van der Waals surface area contributed by atoms with E-state index in [-0.39, 0.29) is 0 Å². The van der Waals surface area contributed by atoms with Gasteiger partial charge in [-0.25, -0.2) is 24.9 Å². The highest BCUT2D eigenvalue weighted by atomic mass is 32.1. The SMILES string of the molecule is c1ccc(-c2nc(-c3ccccc3)nc(-c3cccc4oc5ccc(-c6nc(-c7ccc8c(c7)sc7ccccc78)nc7c6sc6ccccc67)cc5c34)n2)cc1. The van der Waals surface area contributed by atoms with Crippen LogP contribution in [0.3, 0.4) is 0 Å². The summed E-state index contributed by atoms with van der Waals surface area (Å²) < 4.78 is 11.2. The predicted molar refractivity (Wildman–Crippen MR) is 236 cm³/mol. The van der Waals surface area contributed by atoms with Gasteiger partial charge in [0.05, 0.1) is 15.9 Å². The maximum atomic E-state index is 6.53. The van der Waals surface area contributed by atoms with Crippen molar-refractivity contribution in [2.24, 2.45) is 0 Å². The van der Waals surface area contributed by atoms with Crippen LogP contribution >= 0.6 is 22.7 Å². The molecular formula is C49H27N5OS2. The lowest BCUT2D eigenvalue weighted by atomic mass is 10.0. The van der Waals surface area contributed by atoms with Crippen LogP contribution in [0, 0.1) is 0 Å². The number of hydrogen-bond donors (Lipinski definition) is 0. The average molecular weight is 766 g/mol. The van der Waals surface area contributed by atoms with E-state index < -0.39 is 0 Å². The summed E-state index contributed by atoms with van der Waals surface area (Å²) in [6.07, 6.45) is 0. The number of furan rings is 1. The van der Waals surface area contributed by atoms with Crippen molar-refractivity contribution >= 4 is 85.1 Å². The van der Waals surface area contributed by atoms with Gasteiger partial charge >= 0.3 is 0 Å².